The Morgan fingerprint density at radius 3 is 0.986 bits per heavy atom. The van der Waals surface area contributed by atoms with Crippen LogP contribution in [-0.2, 0) is 38.5 Å². The third kappa shape index (κ3) is 6.49. The molecule has 0 saturated carbocycles. The smallest absolute Gasteiger partial charge is 0.0475 e. The molecule has 8 aromatic carbocycles. The number of halogens is 2. The fraction of sp³-hybridized carbons (Fsp3) is 0.444. The highest BCUT2D eigenvalue weighted by atomic mass is 79.9. The minimum absolute atomic E-state index is 0.268. The summed E-state index contributed by atoms with van der Waals surface area (Å²) in [5, 5.41) is 12.6. The Balaban J connectivity index is 1.05. The van der Waals surface area contributed by atoms with Gasteiger partial charge >= 0.3 is 0 Å². The van der Waals surface area contributed by atoms with Gasteiger partial charge in [0, 0.05) is 21.5 Å². The highest BCUT2D eigenvalue weighted by Crippen LogP contribution is 2.67. The molecule has 8 aromatic rings. The van der Waals surface area contributed by atoms with Crippen molar-refractivity contribution >= 4 is 74.9 Å². The summed E-state index contributed by atoms with van der Waals surface area (Å²) >= 11 is 9.49. The first kappa shape index (κ1) is 47.0. The second-order valence-corrected chi connectivity index (χ2v) is 26.6. The van der Waals surface area contributed by atoms with E-state index in [9.17, 15) is 0 Å². The number of unbranched alkanes of at least 4 members (excludes halogenated alkanes) is 12. The third-order valence-electron chi connectivity index (χ3n) is 20.8. The lowest BCUT2D eigenvalue weighted by Gasteiger charge is -2.38. The largest absolute Gasteiger partial charge is 0.0832 e. The second kappa shape index (κ2) is 18.2. The fourth-order valence-electron chi connectivity index (χ4n) is 17.5. The molecular formula is C72H74Br2. The molecule has 2 heteroatoms. The standard InChI is InChI=1S/C72H74Br2/c1-5-9-13-17-21-39-51-33-55-43-25-28-48-62-38-60-40(22-18-14-10-6-2)52-34-56-44-26-27-47-61-37-59(39)67-41(23-19-15-11-7-3)53(51)35-57(55)45-29-32-50(66(48)63(43)45)70(62)72(74)68(60)42(24-20-16-12-8-4)54(52)36-58(56)46-30-31-49(65(47)64(44)46)69(61)71(67)73/h25-36,61-62,69-72H,5-24,37-38H2,1-4H3. The molecule has 376 valence electrons. The molecule has 14 rings (SSSR count). The number of alkyl halides is 2. The van der Waals surface area contributed by atoms with E-state index >= 15 is 0 Å². The van der Waals surface area contributed by atoms with Crippen LogP contribution < -0.4 is 0 Å². The molecule has 0 aromatic heterocycles. The first-order valence-electron chi connectivity index (χ1n) is 30.2. The number of hydrogen-bond acceptors (Lipinski definition) is 0. The van der Waals surface area contributed by atoms with Gasteiger partial charge in [0.15, 0.2) is 0 Å². The molecule has 0 heterocycles. The van der Waals surface area contributed by atoms with Gasteiger partial charge < -0.3 is 0 Å². The summed E-state index contributed by atoms with van der Waals surface area (Å²) in [6, 6.07) is 32.0. The Kier molecular flexibility index (Phi) is 11.6. The van der Waals surface area contributed by atoms with Crippen molar-refractivity contribution in [3.05, 3.63) is 140 Å². The number of aryl methyl sites for hydroxylation is 4. The lowest BCUT2D eigenvalue weighted by atomic mass is 9.69. The van der Waals surface area contributed by atoms with Crippen LogP contribution in [0.15, 0.2) is 72.8 Å². The minimum atomic E-state index is 0.268. The number of rotatable bonds is 20. The molecule has 74 heavy (non-hydrogen) atoms. The van der Waals surface area contributed by atoms with E-state index in [1.165, 1.54) is 160 Å². The number of benzene rings is 8. The van der Waals surface area contributed by atoms with Crippen LogP contribution in [0.5, 0.6) is 0 Å². The molecule has 0 fully saturated rings. The predicted molar refractivity (Wildman–Crippen MR) is 325 cm³/mol. The molecule has 0 aliphatic heterocycles. The normalized spacial score (nSPS) is 21.0. The van der Waals surface area contributed by atoms with E-state index in [0.29, 0.717) is 23.7 Å². The van der Waals surface area contributed by atoms with Crippen molar-refractivity contribution in [2.75, 3.05) is 0 Å². The van der Waals surface area contributed by atoms with Gasteiger partial charge in [-0.3, -0.25) is 0 Å². The Morgan fingerprint density at radius 1 is 0.338 bits per heavy atom. The molecule has 6 aliphatic rings. The Labute approximate surface area is 458 Å². The van der Waals surface area contributed by atoms with E-state index in [2.05, 4.69) is 100 Å². The van der Waals surface area contributed by atoms with Crippen LogP contribution in [0.1, 0.15) is 231 Å². The van der Waals surface area contributed by atoms with Gasteiger partial charge in [-0.25, -0.2) is 0 Å². The first-order valence-corrected chi connectivity index (χ1v) is 32.1. The summed E-state index contributed by atoms with van der Waals surface area (Å²) in [6.07, 6.45) is 27.6. The third-order valence-corrected chi connectivity index (χ3v) is 22.8. The van der Waals surface area contributed by atoms with E-state index in [1.54, 1.807) is 110 Å². The number of fused-ring (bicyclic) bond motifs is 16. The molecule has 6 unspecified atom stereocenters. The highest BCUT2D eigenvalue weighted by Gasteiger charge is 2.49. The van der Waals surface area contributed by atoms with Crippen LogP contribution in [0.2, 0.25) is 0 Å². The predicted octanol–water partition coefficient (Wildman–Crippen LogP) is 22.1. The second-order valence-electron chi connectivity index (χ2n) is 24.6. The number of hydrogen-bond donors (Lipinski definition) is 0. The van der Waals surface area contributed by atoms with Crippen LogP contribution in [0.3, 0.4) is 0 Å². The van der Waals surface area contributed by atoms with Crippen LogP contribution in [0, 0.1) is 0 Å². The molecule has 6 aliphatic carbocycles. The van der Waals surface area contributed by atoms with Gasteiger partial charge in [-0.1, -0.05) is 185 Å². The van der Waals surface area contributed by atoms with Crippen LogP contribution in [-0.4, -0.2) is 0 Å². The van der Waals surface area contributed by atoms with Gasteiger partial charge in [0.2, 0.25) is 0 Å². The quantitative estimate of drug-likeness (QED) is 0.0527. The van der Waals surface area contributed by atoms with Gasteiger partial charge in [-0.15, -0.1) is 0 Å². The molecule has 0 radical (unpaired) electrons. The van der Waals surface area contributed by atoms with Crippen molar-refractivity contribution in [1.29, 1.82) is 0 Å². The van der Waals surface area contributed by atoms with E-state index in [-0.39, 0.29) is 9.65 Å². The van der Waals surface area contributed by atoms with Gasteiger partial charge in [0.1, 0.15) is 0 Å². The molecular weight excluding hydrogens is 1020 g/mol. The lowest BCUT2D eigenvalue weighted by molar-refractivity contribution is 0.512. The SMILES string of the molecule is CCCCCCc1c2c3c(CCCCCC)c4cc5c(cc14)-c1ccc4c6c(ccc-5c16)C1C(Br)c5c(c(CCCCCC)c6cc7c(cc6c5CCCCCC)-c5ccc6c8c(ccc-7c58)C(C2)C6C3Br)CC41. The Morgan fingerprint density at radius 2 is 0.649 bits per heavy atom. The molecule has 0 nitrogen and oxygen atoms in total. The Hall–Kier alpha value is -4.24. The monoisotopic (exact) mass is 1100 g/mol. The van der Waals surface area contributed by atoms with Crippen molar-refractivity contribution in [3.8, 4) is 44.5 Å². The minimum Gasteiger partial charge on any atom is -0.0832 e. The summed E-state index contributed by atoms with van der Waals surface area (Å²) in [6.45, 7) is 9.48. The zero-order valence-corrected chi connectivity index (χ0v) is 47.9. The van der Waals surface area contributed by atoms with Gasteiger partial charge in [-0.05, 0) is 255 Å². The van der Waals surface area contributed by atoms with Crippen LogP contribution >= 0.6 is 31.9 Å². The zero-order valence-electron chi connectivity index (χ0n) is 44.7. The highest BCUT2D eigenvalue weighted by molar-refractivity contribution is 9.09. The van der Waals surface area contributed by atoms with Crippen molar-refractivity contribution in [2.45, 2.75) is 202 Å². The molecule has 0 N–H and O–H groups in total. The Bertz CT molecular complexity index is 3450. The fourth-order valence-corrected chi connectivity index (χ4v) is 19.9. The summed E-state index contributed by atoms with van der Waals surface area (Å²) < 4.78 is 0. The topological polar surface area (TPSA) is 0 Å². The van der Waals surface area contributed by atoms with Crippen molar-refractivity contribution in [2.24, 2.45) is 0 Å². The molecule has 0 amide bonds. The molecule has 0 spiro atoms. The van der Waals surface area contributed by atoms with Crippen molar-refractivity contribution in [1.82, 2.24) is 0 Å². The summed E-state index contributed by atoms with van der Waals surface area (Å²) in [5.74, 6) is 1.75. The van der Waals surface area contributed by atoms with Gasteiger partial charge in [0.25, 0.3) is 0 Å². The van der Waals surface area contributed by atoms with Gasteiger partial charge in [0.05, 0.1) is 0 Å². The maximum Gasteiger partial charge on any atom is 0.0475 e. The zero-order chi connectivity index (χ0) is 49.7. The molecule has 0 saturated heterocycles. The molecule has 6 atom stereocenters. The van der Waals surface area contributed by atoms with Crippen LogP contribution in [0.25, 0.3) is 87.6 Å². The van der Waals surface area contributed by atoms with Crippen LogP contribution in [0.4, 0.5) is 0 Å². The van der Waals surface area contributed by atoms with Gasteiger partial charge in [-0.2, -0.15) is 0 Å². The van der Waals surface area contributed by atoms with Crippen molar-refractivity contribution in [3.63, 3.8) is 0 Å². The molecule has 0 bridgehead atoms. The average molecular weight is 1100 g/mol. The van der Waals surface area contributed by atoms with E-state index in [4.69, 9.17) is 31.9 Å². The lowest BCUT2D eigenvalue weighted by Crippen LogP contribution is -2.24. The maximum atomic E-state index is 4.75. The van der Waals surface area contributed by atoms with E-state index in [1.807, 2.05) is 0 Å². The summed E-state index contributed by atoms with van der Waals surface area (Å²) in [7, 11) is 0. The summed E-state index contributed by atoms with van der Waals surface area (Å²) in [4.78, 5) is 0.535. The average Bonchev–Trinajstić information content (AvgIpc) is 4.19. The van der Waals surface area contributed by atoms with Crippen molar-refractivity contribution < 1.29 is 0 Å². The first-order chi connectivity index (χ1) is 36.4. The summed E-state index contributed by atoms with van der Waals surface area (Å²) in [5.41, 5.74) is 31.8. The maximum absolute atomic E-state index is 4.75. The van der Waals surface area contributed by atoms with E-state index in [0.717, 1.165) is 25.7 Å². The van der Waals surface area contributed by atoms with E-state index < -0.39 is 0 Å².